The Kier molecular flexibility index (Phi) is 5.61. The second kappa shape index (κ2) is 7.77. The minimum absolute atomic E-state index is 0.00940. The third-order valence-electron chi connectivity index (χ3n) is 3.70. The minimum atomic E-state index is -0.506. The molecule has 138 valence electrons. The van der Waals surface area contributed by atoms with Crippen LogP contribution in [0.5, 0.6) is 0 Å². The molecule has 0 fully saturated rings. The van der Waals surface area contributed by atoms with E-state index in [2.05, 4.69) is 10.6 Å². The maximum atomic E-state index is 12.5. The third kappa shape index (κ3) is 4.19. The average molecular weight is 440 g/mol. The smallest absolute Gasteiger partial charge is 0.271 e. The number of halogens is 2. The van der Waals surface area contributed by atoms with Crippen LogP contribution in [0.4, 0.5) is 11.4 Å². The summed E-state index contributed by atoms with van der Waals surface area (Å²) in [6.45, 7) is 1.77. The van der Waals surface area contributed by atoms with Crippen molar-refractivity contribution in [2.24, 2.45) is 0 Å². The van der Waals surface area contributed by atoms with Crippen LogP contribution in [0.1, 0.15) is 15.2 Å². The lowest BCUT2D eigenvalue weighted by molar-refractivity contribution is -0.384. The van der Waals surface area contributed by atoms with E-state index < -0.39 is 10.8 Å². The van der Waals surface area contributed by atoms with Gasteiger partial charge in [-0.1, -0.05) is 35.3 Å². The molecule has 0 aliphatic rings. The van der Waals surface area contributed by atoms with Crippen LogP contribution < -0.4 is 10.6 Å². The lowest BCUT2D eigenvalue weighted by atomic mass is 10.2. The number of hydrogen-bond acceptors (Lipinski definition) is 5. The molecular formula is C17H11Cl2N3O3S2. The molecule has 1 aromatic heterocycles. The fourth-order valence-corrected chi connectivity index (χ4v) is 4.25. The van der Waals surface area contributed by atoms with Crippen LogP contribution in [-0.4, -0.2) is 15.9 Å². The van der Waals surface area contributed by atoms with Gasteiger partial charge in [0.1, 0.15) is 4.88 Å². The van der Waals surface area contributed by atoms with E-state index in [1.54, 1.807) is 31.2 Å². The van der Waals surface area contributed by atoms with Crippen LogP contribution >= 0.6 is 46.8 Å². The number of nitro benzene ring substituents is 1. The van der Waals surface area contributed by atoms with Gasteiger partial charge in [0.05, 0.1) is 9.95 Å². The second-order valence-corrected chi connectivity index (χ2v) is 7.83. The van der Waals surface area contributed by atoms with E-state index >= 15 is 0 Å². The first kappa shape index (κ1) is 19.5. The molecule has 27 heavy (non-hydrogen) atoms. The molecule has 0 bridgehead atoms. The molecule has 0 aliphatic carbocycles. The fourth-order valence-electron chi connectivity index (χ4n) is 2.36. The molecule has 3 aromatic rings. The van der Waals surface area contributed by atoms with Crippen LogP contribution in [-0.2, 0) is 0 Å². The van der Waals surface area contributed by atoms with Gasteiger partial charge in [-0.05, 0) is 36.8 Å². The summed E-state index contributed by atoms with van der Waals surface area (Å²) in [6, 6.07) is 9.51. The first-order valence-electron chi connectivity index (χ1n) is 7.51. The number of thiophene rings is 1. The fraction of sp³-hybridized carbons (Fsp3) is 0.0588. The highest BCUT2D eigenvalue weighted by Gasteiger charge is 2.19. The van der Waals surface area contributed by atoms with Gasteiger partial charge in [0.25, 0.3) is 11.6 Å². The van der Waals surface area contributed by atoms with Crippen molar-refractivity contribution in [2.75, 3.05) is 5.32 Å². The maximum Gasteiger partial charge on any atom is 0.271 e. The van der Waals surface area contributed by atoms with Crippen molar-refractivity contribution in [3.8, 4) is 0 Å². The number of nitrogens with zero attached hydrogens (tertiary/aromatic N) is 1. The minimum Gasteiger partial charge on any atom is -0.332 e. The Morgan fingerprint density at radius 2 is 1.96 bits per heavy atom. The molecule has 2 aromatic carbocycles. The molecule has 0 spiro atoms. The van der Waals surface area contributed by atoms with Crippen molar-refractivity contribution in [1.29, 1.82) is 0 Å². The summed E-state index contributed by atoms with van der Waals surface area (Å²) in [5.41, 5.74) is 1.09. The number of non-ortho nitro benzene ring substituents is 1. The van der Waals surface area contributed by atoms with Crippen LogP contribution in [0.15, 0.2) is 36.4 Å². The number of hydrogen-bond donors (Lipinski definition) is 2. The molecular weight excluding hydrogens is 429 g/mol. The van der Waals surface area contributed by atoms with Gasteiger partial charge in [-0.15, -0.1) is 11.3 Å². The summed E-state index contributed by atoms with van der Waals surface area (Å²) in [5.74, 6) is -0.474. The maximum absolute atomic E-state index is 12.5. The number of benzene rings is 2. The highest BCUT2D eigenvalue weighted by molar-refractivity contribution is 7.80. The van der Waals surface area contributed by atoms with Crippen molar-refractivity contribution in [1.82, 2.24) is 5.32 Å². The van der Waals surface area contributed by atoms with Crippen molar-refractivity contribution in [3.63, 3.8) is 0 Å². The first-order chi connectivity index (χ1) is 12.8. The summed E-state index contributed by atoms with van der Waals surface area (Å²) >= 11 is 18.6. The van der Waals surface area contributed by atoms with Crippen molar-refractivity contribution < 1.29 is 9.72 Å². The molecule has 0 atom stereocenters. The zero-order valence-corrected chi connectivity index (χ0v) is 16.9. The Bertz CT molecular complexity index is 1100. The summed E-state index contributed by atoms with van der Waals surface area (Å²) in [4.78, 5) is 23.2. The summed E-state index contributed by atoms with van der Waals surface area (Å²) in [5, 5.41) is 17.9. The first-order valence-corrected chi connectivity index (χ1v) is 9.49. The third-order valence-corrected chi connectivity index (χ3v) is 5.80. The number of fused-ring (bicyclic) bond motifs is 1. The van der Waals surface area contributed by atoms with Crippen LogP contribution in [0.25, 0.3) is 10.1 Å². The van der Waals surface area contributed by atoms with Gasteiger partial charge in [0, 0.05) is 32.9 Å². The van der Waals surface area contributed by atoms with E-state index in [1.807, 2.05) is 0 Å². The molecule has 3 rings (SSSR count). The monoisotopic (exact) mass is 439 g/mol. The standard InChI is InChI=1S/C17H11Cl2N3O3S2/c1-8-2-4-10(22(24)25)7-12(8)20-17(26)21-16(23)15-14(19)11-5-3-9(18)6-13(11)27-15/h2-7H,1H3,(H2,20,21,23,26). The highest BCUT2D eigenvalue weighted by Crippen LogP contribution is 2.36. The average Bonchev–Trinajstić information content (AvgIpc) is 2.92. The number of aryl methyl sites for hydroxylation is 1. The van der Waals surface area contributed by atoms with Crippen LogP contribution in [0, 0.1) is 17.0 Å². The normalized spacial score (nSPS) is 10.6. The molecule has 10 heteroatoms. The molecule has 6 nitrogen and oxygen atoms in total. The van der Waals surface area contributed by atoms with Crippen LogP contribution in [0.2, 0.25) is 10.0 Å². The second-order valence-electron chi connectivity index (χ2n) is 5.55. The topological polar surface area (TPSA) is 84.3 Å². The number of carbonyl (C=O) groups excluding carboxylic acids is 1. The Labute approximate surface area is 173 Å². The van der Waals surface area contributed by atoms with Gasteiger partial charge >= 0.3 is 0 Å². The molecule has 0 unspecified atom stereocenters. The van der Waals surface area contributed by atoms with Gasteiger partial charge in [-0.25, -0.2) is 0 Å². The molecule has 2 N–H and O–H groups in total. The summed E-state index contributed by atoms with van der Waals surface area (Å²) < 4.78 is 0.783. The van der Waals surface area contributed by atoms with E-state index in [1.165, 1.54) is 23.5 Å². The Hall–Kier alpha value is -2.26. The summed E-state index contributed by atoms with van der Waals surface area (Å²) in [6.07, 6.45) is 0. The van der Waals surface area contributed by atoms with Crippen molar-refractivity contribution in [2.45, 2.75) is 6.92 Å². The van der Waals surface area contributed by atoms with E-state index in [9.17, 15) is 14.9 Å². The van der Waals surface area contributed by atoms with E-state index in [0.29, 0.717) is 20.6 Å². The molecule has 0 radical (unpaired) electrons. The Morgan fingerprint density at radius 3 is 2.67 bits per heavy atom. The highest BCUT2D eigenvalue weighted by atomic mass is 35.5. The molecule has 0 aliphatic heterocycles. The number of rotatable bonds is 3. The number of nitrogens with one attached hydrogen (secondary N) is 2. The zero-order chi connectivity index (χ0) is 19.7. The molecule has 0 saturated heterocycles. The zero-order valence-electron chi connectivity index (χ0n) is 13.7. The Morgan fingerprint density at radius 1 is 1.22 bits per heavy atom. The van der Waals surface area contributed by atoms with Gasteiger partial charge in [-0.3, -0.25) is 20.2 Å². The van der Waals surface area contributed by atoms with Gasteiger partial charge in [0.15, 0.2) is 5.11 Å². The van der Waals surface area contributed by atoms with Crippen molar-refractivity contribution >= 4 is 79.2 Å². The van der Waals surface area contributed by atoms with E-state index in [0.717, 1.165) is 15.6 Å². The molecule has 1 amide bonds. The van der Waals surface area contributed by atoms with E-state index in [4.69, 9.17) is 35.4 Å². The lowest BCUT2D eigenvalue weighted by Gasteiger charge is -2.11. The van der Waals surface area contributed by atoms with Gasteiger partial charge in [0.2, 0.25) is 0 Å². The molecule has 0 saturated carbocycles. The number of thiocarbonyl (C=S) groups is 1. The Balaban J connectivity index is 1.79. The van der Waals surface area contributed by atoms with Crippen LogP contribution in [0.3, 0.4) is 0 Å². The number of nitro groups is 1. The van der Waals surface area contributed by atoms with E-state index in [-0.39, 0.29) is 10.8 Å². The predicted molar refractivity (Wildman–Crippen MR) is 113 cm³/mol. The quantitative estimate of drug-likeness (QED) is 0.317. The van der Waals surface area contributed by atoms with Crippen molar-refractivity contribution in [3.05, 3.63) is 67.0 Å². The predicted octanol–water partition coefficient (Wildman–Crippen LogP) is 5.55. The number of anilines is 1. The number of carbonyl (C=O) groups is 1. The summed E-state index contributed by atoms with van der Waals surface area (Å²) in [7, 11) is 0. The lowest BCUT2D eigenvalue weighted by Crippen LogP contribution is -2.34. The number of amides is 1. The molecule has 1 heterocycles. The van der Waals surface area contributed by atoms with Gasteiger partial charge < -0.3 is 5.32 Å². The van der Waals surface area contributed by atoms with Gasteiger partial charge in [-0.2, -0.15) is 0 Å². The largest absolute Gasteiger partial charge is 0.332 e. The SMILES string of the molecule is Cc1ccc([N+](=O)[O-])cc1NC(=S)NC(=O)c1sc2cc(Cl)ccc2c1Cl.